The highest BCUT2D eigenvalue weighted by molar-refractivity contribution is 6.02. The summed E-state index contributed by atoms with van der Waals surface area (Å²) in [6.07, 6.45) is 80.2. The van der Waals surface area contributed by atoms with Gasteiger partial charge in [0, 0.05) is 12.2 Å². The van der Waals surface area contributed by atoms with Crippen molar-refractivity contribution in [2.75, 3.05) is 44.7 Å². The lowest BCUT2D eigenvalue weighted by Gasteiger charge is -2.44. The van der Waals surface area contributed by atoms with E-state index in [1.54, 1.807) is 0 Å². The van der Waals surface area contributed by atoms with Gasteiger partial charge in [-0.25, -0.2) is 9.98 Å². The fourth-order valence-corrected chi connectivity index (χ4v) is 17.8. The highest BCUT2D eigenvalue weighted by Crippen LogP contribution is 2.49. The Labute approximate surface area is 600 Å². The van der Waals surface area contributed by atoms with Crippen molar-refractivity contribution in [3.8, 4) is 0 Å². The van der Waals surface area contributed by atoms with E-state index in [9.17, 15) is 0 Å². The lowest BCUT2D eigenvalue weighted by Crippen LogP contribution is -2.49. The number of nitrogens with two attached hydrogens (primary N) is 1. The number of para-hydroxylation sites is 1. The van der Waals surface area contributed by atoms with Gasteiger partial charge in [0.1, 0.15) is 12.5 Å². The summed E-state index contributed by atoms with van der Waals surface area (Å²) < 4.78 is 0. The number of nitrogens with one attached hydrogen (secondary N) is 4. The molecule has 2 aliphatic rings. The SMILES string of the molecule is C=N/C(=N\C(=N/CNc1ccccc1)C(C)(CC)NCCCCCCCCCC1C(CCCCCCCCCNCC)CCC(CCCCCC)C1CCCCCC)NCCCCCCCCCC1CCC(CCCCCC)C(CCCCCC)C1CCCCCCCCCN. The molecule has 0 heterocycles. The van der Waals surface area contributed by atoms with E-state index in [2.05, 4.69) is 112 Å². The second kappa shape index (κ2) is 62.5. The Balaban J connectivity index is 1.49. The fourth-order valence-electron chi connectivity index (χ4n) is 17.8. The van der Waals surface area contributed by atoms with Gasteiger partial charge >= 0.3 is 0 Å². The van der Waals surface area contributed by atoms with Crippen LogP contribution < -0.4 is 27.0 Å². The van der Waals surface area contributed by atoms with Gasteiger partial charge in [-0.1, -0.05) is 342 Å². The number of anilines is 1. The summed E-state index contributed by atoms with van der Waals surface area (Å²) in [7, 11) is 0. The Morgan fingerprint density at radius 3 is 1.10 bits per heavy atom. The third-order valence-electron chi connectivity index (χ3n) is 24.0. The zero-order valence-electron chi connectivity index (χ0n) is 65.7. The average molecular weight is 1340 g/mol. The number of nitrogens with zero attached hydrogens (tertiary/aromatic N) is 3. The minimum atomic E-state index is -0.380. The number of benzene rings is 1. The minimum absolute atomic E-state index is 0.380. The molecule has 9 atom stereocenters. The monoisotopic (exact) mass is 1340 g/mol. The molecule has 0 aromatic heterocycles. The molecule has 8 heteroatoms. The Bertz CT molecular complexity index is 1900. The van der Waals surface area contributed by atoms with Gasteiger partial charge in [-0.3, -0.25) is 0 Å². The van der Waals surface area contributed by atoms with E-state index >= 15 is 0 Å². The lowest BCUT2D eigenvalue weighted by atomic mass is 9.61. The molecule has 0 amide bonds. The maximum Gasteiger partial charge on any atom is 0.223 e. The van der Waals surface area contributed by atoms with Gasteiger partial charge in [-0.05, 0) is 183 Å². The molecule has 6 N–H and O–H groups in total. The summed E-state index contributed by atoms with van der Waals surface area (Å²) in [6.45, 7) is 25.7. The molecular formula is C88H168N8. The molecule has 0 saturated heterocycles. The molecule has 0 radical (unpaired) electrons. The van der Waals surface area contributed by atoms with Crippen molar-refractivity contribution < 1.29 is 0 Å². The summed E-state index contributed by atoms with van der Waals surface area (Å²) >= 11 is 0. The molecule has 1 aromatic rings. The summed E-state index contributed by atoms with van der Waals surface area (Å²) in [4.78, 5) is 14.8. The fraction of sp³-hybridized carbons (Fsp3) is 0.898. The van der Waals surface area contributed by atoms with Crippen molar-refractivity contribution >= 4 is 24.2 Å². The summed E-state index contributed by atoms with van der Waals surface area (Å²) in [6, 6.07) is 10.4. The van der Waals surface area contributed by atoms with Crippen LogP contribution in [-0.4, -0.2) is 63.4 Å². The number of guanidine groups is 1. The van der Waals surface area contributed by atoms with Gasteiger partial charge in [-0.15, -0.1) is 0 Å². The van der Waals surface area contributed by atoms with Crippen LogP contribution in [0.2, 0.25) is 0 Å². The van der Waals surface area contributed by atoms with E-state index in [-0.39, 0.29) is 5.54 Å². The van der Waals surface area contributed by atoms with Crippen molar-refractivity contribution in [2.24, 2.45) is 68.1 Å². The first-order chi connectivity index (χ1) is 47.3. The maximum absolute atomic E-state index is 5.79. The Morgan fingerprint density at radius 1 is 0.417 bits per heavy atom. The molecule has 8 nitrogen and oxygen atoms in total. The van der Waals surface area contributed by atoms with Gasteiger partial charge in [0.05, 0.1) is 5.54 Å². The molecule has 96 heavy (non-hydrogen) atoms. The molecule has 1 aromatic carbocycles. The van der Waals surface area contributed by atoms with Gasteiger partial charge in [-0.2, -0.15) is 4.99 Å². The van der Waals surface area contributed by atoms with Crippen LogP contribution in [0, 0.1) is 47.3 Å². The zero-order valence-corrected chi connectivity index (χ0v) is 65.7. The summed E-state index contributed by atoms with van der Waals surface area (Å²) in [5, 5.41) is 14.6. The first-order valence-corrected chi connectivity index (χ1v) is 43.6. The third kappa shape index (κ3) is 42.2. The number of rotatable bonds is 66. The van der Waals surface area contributed by atoms with E-state index in [0.717, 1.165) is 97.9 Å². The van der Waals surface area contributed by atoms with Gasteiger partial charge < -0.3 is 27.0 Å². The minimum Gasteiger partial charge on any atom is -0.366 e. The van der Waals surface area contributed by atoms with Crippen LogP contribution in [0.4, 0.5) is 5.69 Å². The van der Waals surface area contributed by atoms with Crippen molar-refractivity contribution in [1.82, 2.24) is 16.0 Å². The van der Waals surface area contributed by atoms with Crippen LogP contribution in [0.5, 0.6) is 0 Å². The van der Waals surface area contributed by atoms with E-state index in [4.69, 9.17) is 15.7 Å². The Kier molecular flexibility index (Phi) is 57.2. The molecular weight excluding hydrogens is 1170 g/mol. The quantitative estimate of drug-likeness (QED) is 0.0254. The van der Waals surface area contributed by atoms with Crippen molar-refractivity contribution in [1.29, 1.82) is 0 Å². The van der Waals surface area contributed by atoms with E-state index in [1.165, 1.54) is 360 Å². The molecule has 0 aliphatic heterocycles. The molecule has 2 fully saturated rings. The smallest absolute Gasteiger partial charge is 0.223 e. The molecule has 0 bridgehead atoms. The molecule has 0 spiro atoms. The van der Waals surface area contributed by atoms with Gasteiger partial charge in [0.25, 0.3) is 0 Å². The topological polar surface area (TPSA) is 111 Å². The standard InChI is InChI=1S/C88H168N8/c1-9-15-19-44-58-77-69-71-80(84(82(77)64-50-21-17-11-3)66-52-37-29-23-31-39-54-72-89)61-47-36-28-25-33-41-56-74-92-87(90-8)96-86(94-76-93-81-62-48-43-49-63-81)88(7,13-5)95-75-57-42-34-26-30-38-53-67-85-79(60-46-35-27-24-32-40-55-73-91-14-6)70-68-78(59-45-20-16-10-2)83(85)65-51-22-18-12-4/h43,48-49,62-63,77-80,82-85,91,93,95H,8-42,44-47,50-61,64-76,89H2,1-7H3,(H,92,94,96). The Morgan fingerprint density at radius 2 is 0.750 bits per heavy atom. The number of hydrogen-bond donors (Lipinski definition) is 5. The number of unbranched alkanes of at least 4 members (excludes halogenated alkanes) is 36. The normalized spacial score (nSPS) is 20.8. The van der Waals surface area contributed by atoms with E-state index in [1.807, 2.05) is 0 Å². The molecule has 560 valence electrons. The largest absolute Gasteiger partial charge is 0.366 e. The van der Waals surface area contributed by atoms with Crippen LogP contribution in [0.15, 0.2) is 45.3 Å². The second-order valence-corrected chi connectivity index (χ2v) is 31.8. The van der Waals surface area contributed by atoms with Gasteiger partial charge in [0.15, 0.2) is 0 Å². The van der Waals surface area contributed by atoms with Crippen LogP contribution in [0.25, 0.3) is 0 Å². The molecule has 3 rings (SSSR count). The van der Waals surface area contributed by atoms with Crippen molar-refractivity contribution in [3.63, 3.8) is 0 Å². The van der Waals surface area contributed by atoms with Crippen molar-refractivity contribution in [3.05, 3.63) is 30.3 Å². The predicted octanol–water partition coefficient (Wildman–Crippen LogP) is 26.3. The number of amidine groups is 1. The van der Waals surface area contributed by atoms with Crippen LogP contribution >= 0.6 is 0 Å². The van der Waals surface area contributed by atoms with Crippen LogP contribution in [0.3, 0.4) is 0 Å². The third-order valence-corrected chi connectivity index (χ3v) is 24.0. The van der Waals surface area contributed by atoms with E-state index < -0.39 is 0 Å². The van der Waals surface area contributed by atoms with E-state index in [0.29, 0.717) is 12.6 Å². The second-order valence-electron chi connectivity index (χ2n) is 31.8. The predicted molar refractivity (Wildman–Crippen MR) is 431 cm³/mol. The zero-order chi connectivity index (χ0) is 68.9. The first kappa shape index (κ1) is 87.9. The Hall–Kier alpha value is -2.29. The maximum atomic E-state index is 5.79. The first-order valence-electron chi connectivity index (χ1n) is 43.6. The average Bonchev–Trinajstić information content (AvgIpc) is 0.848. The lowest BCUT2D eigenvalue weighted by molar-refractivity contribution is 0.0581. The van der Waals surface area contributed by atoms with Gasteiger partial charge in [0.2, 0.25) is 5.96 Å². The molecule has 2 aliphatic carbocycles. The number of hydrogen-bond acceptors (Lipinski definition) is 5. The highest BCUT2D eigenvalue weighted by Gasteiger charge is 2.39. The highest BCUT2D eigenvalue weighted by atomic mass is 15.2. The summed E-state index contributed by atoms with van der Waals surface area (Å²) in [5.41, 5.74) is 6.48. The molecule has 2 saturated carbocycles. The summed E-state index contributed by atoms with van der Waals surface area (Å²) in [5.74, 6) is 9.25. The number of aliphatic imine (C=N–C) groups is 3. The molecule has 9 unspecified atom stereocenters. The van der Waals surface area contributed by atoms with Crippen molar-refractivity contribution in [2.45, 2.75) is 420 Å². The van der Waals surface area contributed by atoms with Crippen LogP contribution in [0.1, 0.15) is 414 Å². The van der Waals surface area contributed by atoms with Crippen LogP contribution in [-0.2, 0) is 0 Å².